The number of carbonyl (C=O) groups is 1. The van der Waals surface area contributed by atoms with Gasteiger partial charge in [0.2, 0.25) is 0 Å². The first-order chi connectivity index (χ1) is 18.2. The number of halogens is 4. The van der Waals surface area contributed by atoms with Crippen molar-refractivity contribution >= 4 is 34.7 Å². The summed E-state index contributed by atoms with van der Waals surface area (Å²) >= 11 is 6.50. The van der Waals surface area contributed by atoms with Crippen LogP contribution in [0, 0.1) is 5.41 Å². The first-order valence-corrected chi connectivity index (χ1v) is 12.6. The molecule has 0 radical (unpaired) electrons. The quantitative estimate of drug-likeness (QED) is 0.365. The van der Waals surface area contributed by atoms with Gasteiger partial charge in [-0.3, -0.25) is 14.3 Å². The smallest absolute Gasteiger partial charge is 0.337 e. The van der Waals surface area contributed by atoms with Gasteiger partial charge in [0.1, 0.15) is 5.69 Å². The molecule has 0 aliphatic carbocycles. The predicted octanol–water partition coefficient (Wildman–Crippen LogP) is 4.70. The van der Waals surface area contributed by atoms with Gasteiger partial charge < -0.3 is 15.1 Å². The number of carbonyl (C=O) groups excluding carboxylic acids is 1. The van der Waals surface area contributed by atoms with Crippen molar-refractivity contribution in [2.75, 3.05) is 38.0 Å². The predicted molar refractivity (Wildman–Crippen MR) is 135 cm³/mol. The number of anilines is 2. The summed E-state index contributed by atoms with van der Waals surface area (Å²) in [4.78, 5) is 25.9. The van der Waals surface area contributed by atoms with Crippen molar-refractivity contribution < 1.29 is 18.0 Å². The summed E-state index contributed by atoms with van der Waals surface area (Å²) in [5, 5.41) is 8.98. The molecule has 2 N–H and O–H groups in total. The number of fused-ring (bicyclic) bond motifs is 1. The number of hydrogen-bond donors (Lipinski definition) is 2. The van der Waals surface area contributed by atoms with Crippen LogP contribution in [0.1, 0.15) is 29.4 Å². The Kier molecular flexibility index (Phi) is 5.84. The van der Waals surface area contributed by atoms with Crippen molar-refractivity contribution in [3.8, 4) is 11.3 Å². The minimum atomic E-state index is -4.59. The molecule has 1 amide bonds. The average Bonchev–Trinajstić information content (AvgIpc) is 3.47. The second-order valence-corrected chi connectivity index (χ2v) is 10.4. The molecular weight excluding hydrogens is 521 g/mol. The highest BCUT2D eigenvalue weighted by atomic mass is 35.5. The molecule has 2 aliphatic rings. The largest absolute Gasteiger partial charge is 0.433 e. The molecule has 0 bridgehead atoms. The Morgan fingerprint density at radius 2 is 1.97 bits per heavy atom. The molecule has 198 valence electrons. The maximum atomic E-state index is 13.4. The SMILES string of the molecule is CCCN1CC2(C1)CN(C(=O)c1ccc(Nc3nccn4c(-c5cn[nH]c5C(F)(F)F)cnc34)cc1Cl)C2. The number of nitrogens with zero attached hydrogens (tertiary/aromatic N) is 6. The Labute approximate surface area is 220 Å². The van der Waals surface area contributed by atoms with Gasteiger partial charge in [-0.1, -0.05) is 18.5 Å². The topological polar surface area (TPSA) is 94.5 Å². The van der Waals surface area contributed by atoms with Gasteiger partial charge in [-0.25, -0.2) is 9.97 Å². The highest BCUT2D eigenvalue weighted by Crippen LogP contribution is 2.41. The molecule has 2 saturated heterocycles. The molecule has 4 aromatic rings. The molecule has 9 nitrogen and oxygen atoms in total. The van der Waals surface area contributed by atoms with E-state index in [0.29, 0.717) is 27.7 Å². The van der Waals surface area contributed by atoms with E-state index < -0.39 is 11.9 Å². The zero-order chi connectivity index (χ0) is 26.7. The van der Waals surface area contributed by atoms with Crippen LogP contribution >= 0.6 is 11.6 Å². The number of likely N-dealkylation sites (tertiary alicyclic amines) is 2. The number of aromatic amines is 1. The Bertz CT molecular complexity index is 1520. The lowest BCUT2D eigenvalue weighted by Crippen LogP contribution is -2.72. The van der Waals surface area contributed by atoms with E-state index in [9.17, 15) is 18.0 Å². The molecule has 0 unspecified atom stereocenters. The molecule has 5 heterocycles. The molecule has 2 fully saturated rings. The van der Waals surface area contributed by atoms with E-state index >= 15 is 0 Å². The van der Waals surface area contributed by atoms with Crippen LogP contribution in [0.4, 0.5) is 24.7 Å². The Morgan fingerprint density at radius 1 is 1.18 bits per heavy atom. The summed E-state index contributed by atoms with van der Waals surface area (Å²) < 4.78 is 41.6. The fourth-order valence-electron chi connectivity index (χ4n) is 5.46. The number of nitrogens with one attached hydrogen (secondary N) is 2. The Morgan fingerprint density at radius 3 is 2.68 bits per heavy atom. The second kappa shape index (κ2) is 8.98. The van der Waals surface area contributed by atoms with E-state index in [2.05, 4.69) is 32.2 Å². The first-order valence-electron chi connectivity index (χ1n) is 12.2. The zero-order valence-corrected chi connectivity index (χ0v) is 21.1. The summed E-state index contributed by atoms with van der Waals surface area (Å²) in [6.07, 6.45) is 1.96. The van der Waals surface area contributed by atoms with Crippen molar-refractivity contribution in [2.45, 2.75) is 19.5 Å². The number of rotatable bonds is 6. The van der Waals surface area contributed by atoms with Crippen LogP contribution in [0.25, 0.3) is 16.9 Å². The lowest BCUT2D eigenvalue weighted by Gasteiger charge is -2.60. The molecule has 6 rings (SSSR count). The van der Waals surface area contributed by atoms with Crippen LogP contribution < -0.4 is 5.32 Å². The lowest BCUT2D eigenvalue weighted by atomic mass is 9.72. The second-order valence-electron chi connectivity index (χ2n) is 9.96. The van der Waals surface area contributed by atoms with Crippen molar-refractivity contribution in [3.05, 3.63) is 59.3 Å². The average molecular weight is 545 g/mol. The minimum absolute atomic E-state index is 0.0974. The summed E-state index contributed by atoms with van der Waals surface area (Å²) in [6, 6.07) is 5.01. The zero-order valence-electron chi connectivity index (χ0n) is 20.4. The van der Waals surface area contributed by atoms with Gasteiger partial charge in [0, 0.05) is 49.7 Å². The number of aromatic nitrogens is 5. The molecule has 1 aromatic carbocycles. The van der Waals surface area contributed by atoms with Gasteiger partial charge in [-0.15, -0.1) is 0 Å². The van der Waals surface area contributed by atoms with Crippen molar-refractivity contribution in [3.63, 3.8) is 0 Å². The van der Waals surface area contributed by atoms with E-state index in [1.54, 1.807) is 18.2 Å². The minimum Gasteiger partial charge on any atom is -0.337 e. The Hall–Kier alpha value is -3.64. The van der Waals surface area contributed by atoms with E-state index in [4.69, 9.17) is 11.6 Å². The number of hydrogen-bond acceptors (Lipinski definition) is 6. The van der Waals surface area contributed by atoms with Gasteiger partial charge in [-0.2, -0.15) is 18.3 Å². The number of imidazole rings is 1. The number of alkyl halides is 3. The maximum absolute atomic E-state index is 13.4. The lowest BCUT2D eigenvalue weighted by molar-refractivity contribution is -0.140. The molecule has 0 atom stereocenters. The summed E-state index contributed by atoms with van der Waals surface area (Å²) in [6.45, 7) is 6.81. The van der Waals surface area contributed by atoms with Crippen LogP contribution in [0.5, 0.6) is 0 Å². The van der Waals surface area contributed by atoms with Gasteiger partial charge >= 0.3 is 6.18 Å². The van der Waals surface area contributed by atoms with Gasteiger partial charge in [-0.05, 0) is 31.2 Å². The highest BCUT2D eigenvalue weighted by Gasteiger charge is 2.52. The van der Waals surface area contributed by atoms with Crippen molar-refractivity contribution in [2.24, 2.45) is 5.41 Å². The van der Waals surface area contributed by atoms with Gasteiger partial charge in [0.05, 0.1) is 34.2 Å². The maximum Gasteiger partial charge on any atom is 0.433 e. The van der Waals surface area contributed by atoms with E-state index in [0.717, 1.165) is 45.3 Å². The Balaban J connectivity index is 1.19. The molecule has 0 saturated carbocycles. The first kappa shape index (κ1) is 24.7. The van der Waals surface area contributed by atoms with Gasteiger partial charge in [0.25, 0.3) is 5.91 Å². The van der Waals surface area contributed by atoms with Crippen LogP contribution in [-0.4, -0.2) is 73.0 Å². The normalized spacial score (nSPS) is 17.0. The summed E-state index contributed by atoms with van der Waals surface area (Å²) in [5.74, 6) is 0.220. The summed E-state index contributed by atoms with van der Waals surface area (Å²) in [7, 11) is 0. The third kappa shape index (κ3) is 4.17. The summed E-state index contributed by atoms with van der Waals surface area (Å²) in [5.41, 5.74) is 0.653. The van der Waals surface area contributed by atoms with E-state index in [1.807, 2.05) is 10.00 Å². The third-order valence-electron chi connectivity index (χ3n) is 7.09. The van der Waals surface area contributed by atoms with E-state index in [-0.39, 0.29) is 22.6 Å². The van der Waals surface area contributed by atoms with Crippen molar-refractivity contribution in [1.29, 1.82) is 0 Å². The number of benzene rings is 1. The van der Waals surface area contributed by atoms with Gasteiger partial charge in [0.15, 0.2) is 11.5 Å². The molecule has 38 heavy (non-hydrogen) atoms. The fourth-order valence-corrected chi connectivity index (χ4v) is 5.72. The monoisotopic (exact) mass is 544 g/mol. The van der Waals surface area contributed by atoms with Crippen molar-refractivity contribution in [1.82, 2.24) is 34.4 Å². The molecular formula is C25H24ClF3N8O. The molecule has 1 spiro atoms. The van der Waals surface area contributed by atoms with Crippen LogP contribution in [0.15, 0.2) is 43.0 Å². The third-order valence-corrected chi connectivity index (χ3v) is 7.40. The fraction of sp³-hybridized carbons (Fsp3) is 0.360. The van der Waals surface area contributed by atoms with Crippen LogP contribution in [0.2, 0.25) is 5.02 Å². The number of amides is 1. The molecule has 13 heteroatoms. The number of H-pyrrole nitrogens is 1. The standard InChI is InChI=1S/C25H24ClF3N8O/c1-2-6-35-11-24(12-35)13-36(14-24)23(38)16-4-3-15(8-18(16)26)33-21-22-31-10-19(37(22)7-5-30-21)17-9-32-34-20(17)25(27,28)29/h3-5,7-10H,2,6,11-14H2,1H3,(H,30,33)(H,32,34). The molecule has 2 aliphatic heterocycles. The highest BCUT2D eigenvalue weighted by molar-refractivity contribution is 6.34. The van der Waals surface area contributed by atoms with Crippen LogP contribution in [0.3, 0.4) is 0 Å². The van der Waals surface area contributed by atoms with Crippen LogP contribution in [-0.2, 0) is 6.18 Å². The van der Waals surface area contributed by atoms with E-state index in [1.165, 1.54) is 23.0 Å². The molecule has 3 aromatic heterocycles.